The van der Waals surface area contributed by atoms with E-state index in [0.29, 0.717) is 12.2 Å². The summed E-state index contributed by atoms with van der Waals surface area (Å²) in [5.41, 5.74) is 4.46. The quantitative estimate of drug-likeness (QED) is 0.724. The molecule has 6 heteroatoms. The van der Waals surface area contributed by atoms with Gasteiger partial charge in [-0.3, -0.25) is 9.10 Å². The van der Waals surface area contributed by atoms with Crippen molar-refractivity contribution >= 4 is 27.3 Å². The van der Waals surface area contributed by atoms with E-state index in [-0.39, 0.29) is 18.9 Å². The Balaban J connectivity index is 2.24. The maximum absolute atomic E-state index is 12.8. The van der Waals surface area contributed by atoms with Crippen LogP contribution >= 0.6 is 0 Å². The molecule has 146 valence electrons. The highest BCUT2D eigenvalue weighted by molar-refractivity contribution is 7.92. The first kappa shape index (κ1) is 21.0. The highest BCUT2D eigenvalue weighted by atomic mass is 32.2. The Kier molecular flexibility index (Phi) is 6.65. The number of hydrogen-bond acceptors (Lipinski definition) is 3. The van der Waals surface area contributed by atoms with Crippen LogP contribution in [0.3, 0.4) is 0 Å². The third-order valence-corrected chi connectivity index (χ3v) is 5.88. The smallest absolute Gasteiger partial charge is 0.232 e. The van der Waals surface area contributed by atoms with Crippen LogP contribution < -0.4 is 9.21 Å². The fraction of sp³-hybridized carbons (Fsp3) is 0.381. The zero-order chi connectivity index (χ0) is 20.2. The van der Waals surface area contributed by atoms with Crippen LogP contribution in [0.2, 0.25) is 0 Å². The molecule has 0 unspecified atom stereocenters. The fourth-order valence-corrected chi connectivity index (χ4v) is 4.08. The summed E-state index contributed by atoms with van der Waals surface area (Å²) in [6, 6.07) is 13.3. The van der Waals surface area contributed by atoms with Crippen molar-refractivity contribution in [2.45, 2.75) is 34.1 Å². The van der Waals surface area contributed by atoms with Crippen molar-refractivity contribution in [3.05, 3.63) is 59.2 Å². The molecule has 5 nitrogen and oxygen atoms in total. The molecule has 0 aliphatic rings. The maximum Gasteiger partial charge on any atom is 0.232 e. The molecule has 0 fully saturated rings. The summed E-state index contributed by atoms with van der Waals surface area (Å²) >= 11 is 0. The van der Waals surface area contributed by atoms with Gasteiger partial charge < -0.3 is 4.90 Å². The molecule has 0 aromatic heterocycles. The molecule has 0 saturated carbocycles. The lowest BCUT2D eigenvalue weighted by Crippen LogP contribution is -2.37. The second-order valence-electron chi connectivity index (χ2n) is 6.78. The monoisotopic (exact) mass is 388 g/mol. The summed E-state index contributed by atoms with van der Waals surface area (Å²) < 4.78 is 26.1. The van der Waals surface area contributed by atoms with Gasteiger partial charge in [-0.1, -0.05) is 24.3 Å². The molecule has 1 amide bonds. The van der Waals surface area contributed by atoms with Crippen molar-refractivity contribution in [2.24, 2.45) is 0 Å². The lowest BCUT2D eigenvalue weighted by molar-refractivity contribution is -0.118. The van der Waals surface area contributed by atoms with Crippen LogP contribution in [0, 0.1) is 20.8 Å². The van der Waals surface area contributed by atoms with E-state index >= 15 is 0 Å². The van der Waals surface area contributed by atoms with Gasteiger partial charge in [-0.25, -0.2) is 8.42 Å². The van der Waals surface area contributed by atoms with Crippen LogP contribution in [0.4, 0.5) is 11.4 Å². The van der Waals surface area contributed by atoms with Gasteiger partial charge in [-0.2, -0.15) is 0 Å². The average Bonchev–Trinajstić information content (AvgIpc) is 2.58. The Bertz CT molecular complexity index is 923. The molecule has 0 bridgehead atoms. The number of amides is 1. The number of aryl methyl sites for hydroxylation is 2. The van der Waals surface area contributed by atoms with Crippen molar-refractivity contribution in [3.8, 4) is 0 Å². The largest absolute Gasteiger partial charge is 0.313 e. The summed E-state index contributed by atoms with van der Waals surface area (Å²) in [5.74, 6) is -0.0953. The van der Waals surface area contributed by atoms with Crippen molar-refractivity contribution < 1.29 is 13.2 Å². The molecule has 2 rings (SSSR count). The standard InChI is InChI=1S/C21H28N2O3S/c1-6-22(19-11-7-9-16(2)15-19)21(24)13-14-23(27(5,25)26)20-12-8-10-17(3)18(20)4/h7-12,15H,6,13-14H2,1-5H3. The summed E-state index contributed by atoms with van der Waals surface area (Å²) in [5, 5.41) is 0. The lowest BCUT2D eigenvalue weighted by Gasteiger charge is -2.27. The Morgan fingerprint density at radius 1 is 1.04 bits per heavy atom. The van der Waals surface area contributed by atoms with E-state index in [1.807, 2.05) is 64.1 Å². The first-order valence-electron chi connectivity index (χ1n) is 9.06. The number of benzene rings is 2. The Morgan fingerprint density at radius 2 is 1.70 bits per heavy atom. The maximum atomic E-state index is 12.8. The van der Waals surface area contributed by atoms with E-state index in [1.165, 1.54) is 10.6 Å². The minimum atomic E-state index is -3.49. The molecule has 2 aromatic rings. The first-order chi connectivity index (χ1) is 12.6. The van der Waals surface area contributed by atoms with Crippen LogP contribution in [-0.4, -0.2) is 33.7 Å². The SMILES string of the molecule is CCN(C(=O)CCN(c1cccc(C)c1C)S(C)(=O)=O)c1cccc(C)c1. The predicted molar refractivity (Wildman–Crippen MR) is 112 cm³/mol. The van der Waals surface area contributed by atoms with E-state index in [9.17, 15) is 13.2 Å². The van der Waals surface area contributed by atoms with E-state index in [1.54, 1.807) is 11.0 Å². The normalized spacial score (nSPS) is 11.3. The van der Waals surface area contributed by atoms with Gasteiger partial charge in [0.2, 0.25) is 15.9 Å². The number of carbonyl (C=O) groups excluding carboxylic acids is 1. The molecule has 0 aliphatic heterocycles. The molecule has 27 heavy (non-hydrogen) atoms. The van der Waals surface area contributed by atoms with Gasteiger partial charge in [-0.05, 0) is 62.6 Å². The number of hydrogen-bond donors (Lipinski definition) is 0. The zero-order valence-electron chi connectivity index (χ0n) is 16.7. The van der Waals surface area contributed by atoms with Crippen LogP contribution in [-0.2, 0) is 14.8 Å². The minimum Gasteiger partial charge on any atom is -0.313 e. The molecular formula is C21H28N2O3S. The van der Waals surface area contributed by atoms with Gasteiger partial charge in [0, 0.05) is 25.2 Å². The zero-order valence-corrected chi connectivity index (χ0v) is 17.5. The molecule has 0 N–H and O–H groups in total. The number of carbonyl (C=O) groups is 1. The van der Waals surface area contributed by atoms with Crippen molar-refractivity contribution in [1.82, 2.24) is 0 Å². The number of sulfonamides is 1. The molecule has 0 atom stereocenters. The van der Waals surface area contributed by atoms with Gasteiger partial charge in [0.25, 0.3) is 0 Å². The second-order valence-corrected chi connectivity index (χ2v) is 8.69. The van der Waals surface area contributed by atoms with Gasteiger partial charge in [-0.15, -0.1) is 0 Å². The number of anilines is 2. The van der Waals surface area contributed by atoms with Crippen molar-refractivity contribution in [1.29, 1.82) is 0 Å². The molecular weight excluding hydrogens is 360 g/mol. The highest BCUT2D eigenvalue weighted by Gasteiger charge is 2.22. The minimum absolute atomic E-state index is 0.0953. The molecule has 0 radical (unpaired) electrons. The summed E-state index contributed by atoms with van der Waals surface area (Å²) in [4.78, 5) is 14.5. The molecule has 0 spiro atoms. The number of nitrogens with zero attached hydrogens (tertiary/aromatic N) is 2. The number of rotatable bonds is 7. The topological polar surface area (TPSA) is 57.7 Å². The molecule has 0 saturated heterocycles. The lowest BCUT2D eigenvalue weighted by atomic mass is 10.1. The molecule has 2 aromatic carbocycles. The summed E-state index contributed by atoms with van der Waals surface area (Å²) in [7, 11) is -3.49. The molecule has 0 heterocycles. The fourth-order valence-electron chi connectivity index (χ4n) is 3.10. The van der Waals surface area contributed by atoms with E-state index in [2.05, 4.69) is 0 Å². The van der Waals surface area contributed by atoms with E-state index in [4.69, 9.17) is 0 Å². The Hall–Kier alpha value is -2.34. The Labute approximate surface area is 162 Å². The first-order valence-corrected chi connectivity index (χ1v) is 10.9. The van der Waals surface area contributed by atoms with Crippen molar-refractivity contribution in [2.75, 3.05) is 28.6 Å². The van der Waals surface area contributed by atoms with Crippen LogP contribution in [0.1, 0.15) is 30.0 Å². The second kappa shape index (κ2) is 8.57. The summed E-state index contributed by atoms with van der Waals surface area (Å²) in [6.45, 7) is 8.39. The Morgan fingerprint density at radius 3 is 2.30 bits per heavy atom. The van der Waals surface area contributed by atoms with Crippen LogP contribution in [0.5, 0.6) is 0 Å². The van der Waals surface area contributed by atoms with E-state index < -0.39 is 10.0 Å². The summed E-state index contributed by atoms with van der Waals surface area (Å²) in [6.07, 6.45) is 1.29. The van der Waals surface area contributed by atoms with E-state index in [0.717, 1.165) is 22.4 Å². The van der Waals surface area contributed by atoms with Gasteiger partial charge in [0.1, 0.15) is 0 Å². The van der Waals surface area contributed by atoms with Gasteiger partial charge >= 0.3 is 0 Å². The van der Waals surface area contributed by atoms with Crippen LogP contribution in [0.25, 0.3) is 0 Å². The third kappa shape index (κ3) is 5.10. The predicted octanol–water partition coefficient (Wildman–Crippen LogP) is 3.82. The average molecular weight is 389 g/mol. The highest BCUT2D eigenvalue weighted by Crippen LogP contribution is 2.25. The molecule has 0 aliphatic carbocycles. The van der Waals surface area contributed by atoms with Crippen LogP contribution in [0.15, 0.2) is 42.5 Å². The van der Waals surface area contributed by atoms with Gasteiger partial charge in [0.15, 0.2) is 0 Å². The van der Waals surface area contributed by atoms with Gasteiger partial charge in [0.05, 0.1) is 11.9 Å². The van der Waals surface area contributed by atoms with Crippen molar-refractivity contribution in [3.63, 3.8) is 0 Å². The third-order valence-electron chi connectivity index (χ3n) is 4.70.